The lowest BCUT2D eigenvalue weighted by molar-refractivity contribution is -0.0504. The molecule has 0 fully saturated rings. The molecule has 42 heavy (non-hydrogen) atoms. The van der Waals surface area contributed by atoms with Crippen LogP contribution in [0.1, 0.15) is 22.5 Å². The molecule has 0 aliphatic carbocycles. The summed E-state index contributed by atoms with van der Waals surface area (Å²) in [6, 6.07) is 23.9. The number of imidazole rings is 1. The van der Waals surface area contributed by atoms with Gasteiger partial charge in [0, 0.05) is 24.5 Å². The maximum atomic E-state index is 13.2. The Hall–Kier alpha value is -4.09. The minimum atomic E-state index is -3.38. The van der Waals surface area contributed by atoms with Crippen LogP contribution < -0.4 is 4.74 Å². The van der Waals surface area contributed by atoms with E-state index in [1.165, 1.54) is 12.3 Å². The van der Waals surface area contributed by atoms with Gasteiger partial charge in [0.1, 0.15) is 11.6 Å². The highest BCUT2D eigenvalue weighted by molar-refractivity contribution is 7.91. The third kappa shape index (κ3) is 6.37. The Balaban J connectivity index is 1.62. The number of sulfone groups is 2. The van der Waals surface area contributed by atoms with Crippen molar-refractivity contribution < 1.29 is 30.4 Å². The van der Waals surface area contributed by atoms with Gasteiger partial charge in [-0.1, -0.05) is 48.5 Å². The summed E-state index contributed by atoms with van der Waals surface area (Å²) in [7, 11) is -6.72. The van der Waals surface area contributed by atoms with E-state index in [4.69, 9.17) is 9.72 Å². The summed E-state index contributed by atoms with van der Waals surface area (Å²) in [5, 5.41) is 0. The number of fused-ring (bicyclic) bond motifs is 1. The van der Waals surface area contributed by atoms with Crippen LogP contribution >= 0.6 is 0 Å². The number of benzene rings is 4. The second-order valence-electron chi connectivity index (χ2n) is 10.1. The summed E-state index contributed by atoms with van der Waals surface area (Å²) in [6.45, 7) is -1.06. The van der Waals surface area contributed by atoms with Crippen LogP contribution in [-0.4, -0.2) is 45.5 Å². The second-order valence-corrected chi connectivity index (χ2v) is 14.1. The van der Waals surface area contributed by atoms with E-state index in [1.54, 1.807) is 61.5 Å². The first-order valence-electron chi connectivity index (χ1n) is 12.9. The molecule has 7 nitrogen and oxygen atoms in total. The molecule has 0 spiro atoms. The largest absolute Gasteiger partial charge is 0.434 e. The van der Waals surface area contributed by atoms with Crippen molar-refractivity contribution in [2.75, 3.05) is 12.5 Å². The van der Waals surface area contributed by atoms with Gasteiger partial charge in [-0.05, 0) is 65.6 Å². The van der Waals surface area contributed by atoms with E-state index in [-0.39, 0.29) is 22.1 Å². The zero-order valence-electron chi connectivity index (χ0n) is 23.1. The van der Waals surface area contributed by atoms with E-state index in [0.717, 1.165) is 28.5 Å². The molecule has 0 aliphatic rings. The van der Waals surface area contributed by atoms with E-state index in [9.17, 15) is 25.6 Å². The summed E-state index contributed by atoms with van der Waals surface area (Å²) in [5.41, 5.74) is 5.03. The Kier molecular flexibility index (Phi) is 7.91. The fourth-order valence-corrected chi connectivity index (χ4v) is 6.58. The van der Waals surface area contributed by atoms with Crippen LogP contribution in [0.25, 0.3) is 22.2 Å². The Morgan fingerprint density at radius 3 is 2.17 bits per heavy atom. The molecule has 218 valence electrons. The van der Waals surface area contributed by atoms with Crippen molar-refractivity contribution in [3.8, 4) is 16.9 Å². The number of aryl methyl sites for hydroxylation is 1. The van der Waals surface area contributed by atoms with Gasteiger partial charge < -0.3 is 9.30 Å². The number of para-hydroxylation sites is 1. The number of rotatable bonds is 9. The van der Waals surface area contributed by atoms with Gasteiger partial charge in [-0.15, -0.1) is 0 Å². The molecule has 4 aromatic carbocycles. The maximum Gasteiger partial charge on any atom is 0.387 e. The van der Waals surface area contributed by atoms with E-state index >= 15 is 0 Å². The highest BCUT2D eigenvalue weighted by Gasteiger charge is 2.18. The molecular weight excluding hydrogens is 582 g/mol. The molecule has 0 N–H and O–H groups in total. The number of aromatic nitrogens is 2. The first kappa shape index (κ1) is 29.4. The van der Waals surface area contributed by atoms with Gasteiger partial charge in [0.25, 0.3) is 0 Å². The summed E-state index contributed by atoms with van der Waals surface area (Å²) >= 11 is 0. The summed E-state index contributed by atoms with van der Waals surface area (Å²) in [4.78, 5) is 5.32. The van der Waals surface area contributed by atoms with Gasteiger partial charge in [0.05, 0.1) is 27.4 Å². The molecule has 11 heteroatoms. The Labute approximate surface area is 243 Å². The smallest absolute Gasteiger partial charge is 0.387 e. The van der Waals surface area contributed by atoms with Crippen molar-refractivity contribution >= 4 is 30.7 Å². The van der Waals surface area contributed by atoms with Gasteiger partial charge in [-0.3, -0.25) is 0 Å². The normalized spacial score (nSPS) is 12.2. The first-order valence-corrected chi connectivity index (χ1v) is 16.7. The Morgan fingerprint density at radius 2 is 1.52 bits per heavy atom. The van der Waals surface area contributed by atoms with Crippen molar-refractivity contribution in [3.63, 3.8) is 0 Å². The van der Waals surface area contributed by atoms with Gasteiger partial charge in [-0.2, -0.15) is 8.78 Å². The zero-order valence-corrected chi connectivity index (χ0v) is 24.7. The van der Waals surface area contributed by atoms with Gasteiger partial charge in [0.2, 0.25) is 0 Å². The lowest BCUT2D eigenvalue weighted by atomic mass is 10.1. The molecule has 0 amide bonds. The predicted molar refractivity (Wildman–Crippen MR) is 158 cm³/mol. The molecular formula is C31H28F2N2O5S2. The molecule has 0 atom stereocenters. The van der Waals surface area contributed by atoms with Gasteiger partial charge in [-0.25, -0.2) is 21.8 Å². The summed E-state index contributed by atoms with van der Waals surface area (Å²) in [5.74, 6) is 0.703. The summed E-state index contributed by atoms with van der Waals surface area (Å²) in [6.07, 6.45) is 2.68. The van der Waals surface area contributed by atoms with E-state index in [2.05, 4.69) is 0 Å². The first-order chi connectivity index (χ1) is 19.8. The van der Waals surface area contributed by atoms with Crippen LogP contribution in [-0.2, 0) is 32.6 Å². The van der Waals surface area contributed by atoms with Crippen molar-refractivity contribution in [2.45, 2.75) is 36.3 Å². The minimum Gasteiger partial charge on any atom is -0.434 e. The van der Waals surface area contributed by atoms with Gasteiger partial charge in [0.15, 0.2) is 19.7 Å². The molecule has 0 bridgehead atoms. The van der Waals surface area contributed by atoms with Gasteiger partial charge >= 0.3 is 6.61 Å². The molecule has 1 heterocycles. The second kappa shape index (κ2) is 11.3. The van der Waals surface area contributed by atoms with E-state index in [0.29, 0.717) is 28.9 Å². The quantitative estimate of drug-likeness (QED) is 0.201. The standard InChI is InChI=1S/C31H28F2N2O5S2/c1-20-16-21(8-15-29(20)42(3,38)39)17-30-34-26-14-11-23(22-9-12-25(13-10-22)41(2,36)37)18-27(26)35(30)19-24-6-4-5-7-28(24)40-31(32)33/h4-16,18,31H,17,19H2,1-3H3. The fourth-order valence-electron chi connectivity index (χ4n) is 4.99. The minimum absolute atomic E-state index is 0.0566. The average Bonchev–Trinajstić information content (AvgIpc) is 3.24. The number of ether oxygens (including phenoxy) is 1. The lowest BCUT2D eigenvalue weighted by Gasteiger charge is -2.15. The van der Waals surface area contributed by atoms with Crippen LogP contribution in [0.2, 0.25) is 0 Å². The van der Waals surface area contributed by atoms with Crippen molar-refractivity contribution in [2.24, 2.45) is 0 Å². The van der Waals surface area contributed by atoms with Crippen LogP contribution in [0.5, 0.6) is 5.75 Å². The molecule has 0 saturated carbocycles. The van der Waals surface area contributed by atoms with Crippen molar-refractivity contribution in [1.82, 2.24) is 9.55 Å². The molecule has 0 saturated heterocycles. The zero-order chi connectivity index (χ0) is 30.2. The van der Waals surface area contributed by atoms with Crippen LogP contribution in [0.4, 0.5) is 8.78 Å². The molecule has 0 aliphatic heterocycles. The van der Waals surface area contributed by atoms with Crippen molar-refractivity contribution in [1.29, 1.82) is 0 Å². The number of alkyl halides is 2. The van der Waals surface area contributed by atoms with Crippen LogP contribution in [0.15, 0.2) is 94.7 Å². The molecule has 0 unspecified atom stereocenters. The van der Waals surface area contributed by atoms with Crippen molar-refractivity contribution in [3.05, 3.63) is 107 Å². The SMILES string of the molecule is Cc1cc(Cc2nc3ccc(-c4ccc(S(C)(=O)=O)cc4)cc3n2Cc2ccccc2OC(F)F)ccc1S(C)(=O)=O. The van der Waals surface area contributed by atoms with Crippen LogP contribution in [0.3, 0.4) is 0 Å². The number of halogens is 2. The maximum absolute atomic E-state index is 13.2. The predicted octanol–water partition coefficient (Wildman–Crippen LogP) is 6.06. The lowest BCUT2D eigenvalue weighted by Crippen LogP contribution is -2.10. The highest BCUT2D eigenvalue weighted by Crippen LogP contribution is 2.30. The third-order valence-corrected chi connectivity index (χ3v) is 9.35. The molecule has 1 aromatic heterocycles. The number of hydrogen-bond acceptors (Lipinski definition) is 6. The third-order valence-electron chi connectivity index (χ3n) is 6.96. The summed E-state index contributed by atoms with van der Waals surface area (Å²) < 4.78 is 81.1. The average molecular weight is 611 g/mol. The Morgan fingerprint density at radius 1 is 0.833 bits per heavy atom. The molecule has 5 rings (SSSR count). The van der Waals surface area contributed by atoms with E-state index < -0.39 is 26.3 Å². The van der Waals surface area contributed by atoms with E-state index in [1.807, 2.05) is 28.8 Å². The van der Waals surface area contributed by atoms with Crippen LogP contribution in [0, 0.1) is 6.92 Å². The monoisotopic (exact) mass is 610 g/mol. The molecule has 0 radical (unpaired) electrons. The fraction of sp³-hybridized carbons (Fsp3) is 0.194. The highest BCUT2D eigenvalue weighted by atomic mass is 32.2. The topological polar surface area (TPSA) is 95.3 Å². The molecule has 5 aromatic rings. The number of nitrogens with zero attached hydrogens (tertiary/aromatic N) is 2. The number of hydrogen-bond donors (Lipinski definition) is 0. The Bertz CT molecular complexity index is 2000.